The normalized spacial score (nSPS) is 10.6. The predicted octanol–water partition coefficient (Wildman–Crippen LogP) is 2.99. The van der Waals surface area contributed by atoms with E-state index in [9.17, 15) is 4.79 Å². The summed E-state index contributed by atoms with van der Waals surface area (Å²) in [6, 6.07) is 4.17. The fourth-order valence-corrected chi connectivity index (χ4v) is 3.11. The molecule has 0 spiro atoms. The molecule has 1 N–H and O–H groups in total. The van der Waals surface area contributed by atoms with Crippen LogP contribution in [0.15, 0.2) is 17.5 Å². The average Bonchev–Trinajstić information content (AvgIpc) is 2.75. The number of carboxylic acid groups (broad SMARTS) is 1. The van der Waals surface area contributed by atoms with Gasteiger partial charge in [-0.1, -0.05) is 17.7 Å². The maximum Gasteiger partial charge on any atom is 0.309 e. The SMILES string of the molecule is COc1c(C)cc(C)cc1Cc1nc(CC(=O)O)cs1. The first kappa shape index (κ1) is 14.5. The van der Waals surface area contributed by atoms with Crippen LogP contribution in [-0.2, 0) is 17.6 Å². The highest BCUT2D eigenvalue weighted by molar-refractivity contribution is 7.09. The van der Waals surface area contributed by atoms with Crippen LogP contribution in [0, 0.1) is 13.8 Å². The van der Waals surface area contributed by atoms with Crippen LogP contribution < -0.4 is 4.74 Å². The van der Waals surface area contributed by atoms with Gasteiger partial charge >= 0.3 is 5.97 Å². The zero-order chi connectivity index (χ0) is 14.7. The van der Waals surface area contributed by atoms with Crippen LogP contribution in [0.4, 0.5) is 0 Å². The summed E-state index contributed by atoms with van der Waals surface area (Å²) in [5, 5.41) is 11.5. The van der Waals surface area contributed by atoms with Gasteiger partial charge in [0.1, 0.15) is 5.75 Å². The van der Waals surface area contributed by atoms with Crippen molar-refractivity contribution in [2.75, 3.05) is 7.11 Å². The lowest BCUT2D eigenvalue weighted by Crippen LogP contribution is -2.01. The summed E-state index contributed by atoms with van der Waals surface area (Å²) >= 11 is 1.49. The molecule has 1 aromatic carbocycles. The van der Waals surface area contributed by atoms with Gasteiger partial charge in [-0.25, -0.2) is 4.98 Å². The number of rotatable bonds is 5. The molecule has 1 aromatic heterocycles. The van der Waals surface area contributed by atoms with Crippen LogP contribution in [0.2, 0.25) is 0 Å². The number of aromatic nitrogens is 1. The Morgan fingerprint density at radius 1 is 1.40 bits per heavy atom. The summed E-state index contributed by atoms with van der Waals surface area (Å²) in [5.74, 6) is 0.0245. The van der Waals surface area contributed by atoms with E-state index in [2.05, 4.69) is 17.1 Å². The summed E-state index contributed by atoms with van der Waals surface area (Å²) in [4.78, 5) is 15.0. The van der Waals surface area contributed by atoms with E-state index in [1.807, 2.05) is 13.8 Å². The lowest BCUT2D eigenvalue weighted by atomic mass is 10.0. The van der Waals surface area contributed by atoms with Crippen molar-refractivity contribution in [2.24, 2.45) is 0 Å². The highest BCUT2D eigenvalue weighted by atomic mass is 32.1. The van der Waals surface area contributed by atoms with Gasteiger partial charge in [0.15, 0.2) is 0 Å². The van der Waals surface area contributed by atoms with Gasteiger partial charge in [0.25, 0.3) is 0 Å². The molecule has 4 nitrogen and oxygen atoms in total. The van der Waals surface area contributed by atoms with E-state index in [-0.39, 0.29) is 6.42 Å². The van der Waals surface area contributed by atoms with Gasteiger partial charge in [-0.15, -0.1) is 11.3 Å². The lowest BCUT2D eigenvalue weighted by Gasteiger charge is -2.11. The molecule has 5 heteroatoms. The number of hydrogen-bond donors (Lipinski definition) is 1. The van der Waals surface area contributed by atoms with Crippen molar-refractivity contribution in [2.45, 2.75) is 26.7 Å². The molecular formula is C15H17NO3S. The van der Waals surface area contributed by atoms with Crippen molar-refractivity contribution in [3.63, 3.8) is 0 Å². The van der Waals surface area contributed by atoms with Crippen molar-refractivity contribution >= 4 is 17.3 Å². The number of aliphatic carboxylic acids is 1. The van der Waals surface area contributed by atoms with Gasteiger partial charge in [-0.2, -0.15) is 0 Å². The van der Waals surface area contributed by atoms with Crippen LogP contribution in [0.5, 0.6) is 5.75 Å². The average molecular weight is 291 g/mol. The molecule has 0 unspecified atom stereocenters. The van der Waals surface area contributed by atoms with E-state index in [0.717, 1.165) is 21.9 Å². The van der Waals surface area contributed by atoms with Crippen LogP contribution in [0.1, 0.15) is 27.4 Å². The third-order valence-corrected chi connectivity index (χ3v) is 3.87. The van der Waals surface area contributed by atoms with Gasteiger partial charge in [0.05, 0.1) is 24.2 Å². The highest BCUT2D eigenvalue weighted by Crippen LogP contribution is 2.28. The molecule has 106 valence electrons. The van der Waals surface area contributed by atoms with E-state index in [1.165, 1.54) is 16.9 Å². The number of carboxylic acids is 1. The maximum absolute atomic E-state index is 10.7. The molecule has 1 heterocycles. The Hall–Kier alpha value is -1.88. The number of aryl methyl sites for hydroxylation is 2. The van der Waals surface area contributed by atoms with Gasteiger partial charge in [-0.3, -0.25) is 4.79 Å². The predicted molar refractivity (Wildman–Crippen MR) is 78.7 cm³/mol. The third-order valence-electron chi connectivity index (χ3n) is 2.97. The molecule has 2 rings (SSSR count). The number of ether oxygens (including phenoxy) is 1. The molecule has 0 aliphatic carbocycles. The summed E-state index contributed by atoms with van der Waals surface area (Å²) in [6.45, 7) is 4.07. The third kappa shape index (κ3) is 3.36. The monoisotopic (exact) mass is 291 g/mol. The molecule has 0 bridgehead atoms. The van der Waals surface area contributed by atoms with Crippen LogP contribution in [0.3, 0.4) is 0 Å². The van der Waals surface area contributed by atoms with Gasteiger partial charge in [0, 0.05) is 17.4 Å². The van der Waals surface area contributed by atoms with Gasteiger partial charge < -0.3 is 9.84 Å². The Bertz CT molecular complexity index is 634. The molecule has 0 aliphatic heterocycles. The van der Waals surface area contributed by atoms with Crippen molar-refractivity contribution in [1.82, 2.24) is 4.98 Å². The van der Waals surface area contributed by atoms with Crippen LogP contribution in [-0.4, -0.2) is 23.2 Å². The van der Waals surface area contributed by atoms with Gasteiger partial charge in [0.2, 0.25) is 0 Å². The molecule has 0 aliphatic rings. The van der Waals surface area contributed by atoms with Crippen molar-refractivity contribution in [1.29, 1.82) is 0 Å². The zero-order valence-corrected chi connectivity index (χ0v) is 12.6. The Labute approximate surface area is 122 Å². The minimum Gasteiger partial charge on any atom is -0.496 e. The number of nitrogens with zero attached hydrogens (tertiary/aromatic N) is 1. The molecule has 20 heavy (non-hydrogen) atoms. The molecular weight excluding hydrogens is 274 g/mol. The quantitative estimate of drug-likeness (QED) is 0.920. The number of methoxy groups -OCH3 is 1. The molecule has 0 atom stereocenters. The molecule has 0 radical (unpaired) electrons. The molecule has 0 saturated carbocycles. The number of benzene rings is 1. The summed E-state index contributed by atoms with van der Waals surface area (Å²) in [5.41, 5.74) is 3.98. The van der Waals surface area contributed by atoms with Crippen LogP contribution >= 0.6 is 11.3 Å². The minimum atomic E-state index is -0.856. The van der Waals surface area contributed by atoms with Crippen LogP contribution in [0.25, 0.3) is 0 Å². The molecule has 2 aromatic rings. The summed E-state index contributed by atoms with van der Waals surface area (Å²) < 4.78 is 5.46. The topological polar surface area (TPSA) is 59.4 Å². The minimum absolute atomic E-state index is 0.0273. The van der Waals surface area contributed by atoms with E-state index in [0.29, 0.717) is 12.1 Å². The smallest absolute Gasteiger partial charge is 0.309 e. The number of carbonyl (C=O) groups is 1. The number of hydrogen-bond acceptors (Lipinski definition) is 4. The standard InChI is InChI=1S/C15H17NO3S/c1-9-4-10(2)15(19-3)11(5-9)6-13-16-12(8-20-13)7-14(17)18/h4-5,8H,6-7H2,1-3H3,(H,17,18). The Kier molecular flexibility index (Phi) is 4.39. The summed E-state index contributed by atoms with van der Waals surface area (Å²) in [7, 11) is 1.67. The van der Waals surface area contributed by atoms with E-state index < -0.39 is 5.97 Å². The second-order valence-corrected chi connectivity index (χ2v) is 5.70. The highest BCUT2D eigenvalue weighted by Gasteiger charge is 2.12. The zero-order valence-electron chi connectivity index (χ0n) is 11.8. The lowest BCUT2D eigenvalue weighted by molar-refractivity contribution is -0.136. The molecule has 0 saturated heterocycles. The molecule has 0 fully saturated rings. The fourth-order valence-electron chi connectivity index (χ4n) is 2.29. The largest absolute Gasteiger partial charge is 0.496 e. The molecule has 0 amide bonds. The first-order chi connectivity index (χ1) is 9.49. The maximum atomic E-state index is 10.7. The fraction of sp³-hybridized carbons (Fsp3) is 0.333. The first-order valence-electron chi connectivity index (χ1n) is 6.28. The first-order valence-corrected chi connectivity index (χ1v) is 7.16. The van der Waals surface area contributed by atoms with Gasteiger partial charge in [-0.05, 0) is 19.4 Å². The summed E-state index contributed by atoms with van der Waals surface area (Å²) in [6.07, 6.45) is 0.635. The Morgan fingerprint density at radius 3 is 2.80 bits per heavy atom. The second kappa shape index (κ2) is 6.05. The van der Waals surface area contributed by atoms with Crippen molar-refractivity contribution < 1.29 is 14.6 Å². The Morgan fingerprint density at radius 2 is 2.15 bits per heavy atom. The number of thiazole rings is 1. The van der Waals surface area contributed by atoms with E-state index >= 15 is 0 Å². The van der Waals surface area contributed by atoms with Crippen molar-refractivity contribution in [3.8, 4) is 5.75 Å². The Balaban J connectivity index is 2.25. The van der Waals surface area contributed by atoms with E-state index in [4.69, 9.17) is 9.84 Å². The van der Waals surface area contributed by atoms with E-state index in [1.54, 1.807) is 12.5 Å². The second-order valence-electron chi connectivity index (χ2n) is 4.75. The van der Waals surface area contributed by atoms with Crippen molar-refractivity contribution in [3.05, 3.63) is 44.9 Å².